The average Bonchev–Trinajstić information content (AvgIpc) is 3.09. The van der Waals surface area contributed by atoms with E-state index < -0.39 is 0 Å². The van der Waals surface area contributed by atoms with Crippen molar-refractivity contribution in [3.8, 4) is 5.75 Å². The Hall–Kier alpha value is -1.58. The summed E-state index contributed by atoms with van der Waals surface area (Å²) in [4.78, 5) is 0. The van der Waals surface area contributed by atoms with E-state index in [1.807, 2.05) is 18.2 Å². The highest BCUT2D eigenvalue weighted by atomic mass is 32.1. The van der Waals surface area contributed by atoms with Crippen LogP contribution >= 0.6 is 11.3 Å². The molecule has 18 heavy (non-hydrogen) atoms. The molecule has 2 nitrogen and oxygen atoms in total. The van der Waals surface area contributed by atoms with Gasteiger partial charge in [-0.05, 0) is 28.5 Å². The van der Waals surface area contributed by atoms with E-state index in [2.05, 4.69) is 35.0 Å². The fourth-order valence-electron chi connectivity index (χ4n) is 1.65. The molecule has 92 valence electrons. The number of benzene rings is 1. The van der Waals surface area contributed by atoms with Crippen molar-refractivity contribution in [1.29, 1.82) is 0 Å². The lowest BCUT2D eigenvalue weighted by molar-refractivity contribution is 0.262. The molecule has 0 spiro atoms. The zero-order valence-corrected chi connectivity index (χ0v) is 10.7. The van der Waals surface area contributed by atoms with Gasteiger partial charge in [0.1, 0.15) is 18.5 Å². The zero-order valence-electron chi connectivity index (χ0n) is 9.91. The third kappa shape index (κ3) is 3.00. The minimum Gasteiger partial charge on any atom is -0.490 e. The molecule has 0 amide bonds. The summed E-state index contributed by atoms with van der Waals surface area (Å²) in [6.45, 7) is 1.47. The molecule has 0 aliphatic carbocycles. The largest absolute Gasteiger partial charge is 0.490 e. The van der Waals surface area contributed by atoms with Crippen LogP contribution in [0.15, 0.2) is 41.1 Å². The molecule has 0 radical (unpaired) electrons. The van der Waals surface area contributed by atoms with Crippen LogP contribution in [-0.2, 0) is 4.74 Å². The highest BCUT2D eigenvalue weighted by molar-refractivity contribution is 7.08. The highest BCUT2D eigenvalue weighted by Crippen LogP contribution is 2.22. The highest BCUT2D eigenvalue weighted by Gasteiger charge is 2.23. The monoisotopic (exact) mass is 258 g/mol. The molecule has 1 unspecified atom stereocenters. The minimum absolute atomic E-state index is 0.291. The Bertz CT molecular complexity index is 527. The maximum Gasteiger partial charge on any atom is 0.126 e. The normalized spacial score (nSPS) is 18.1. The van der Waals surface area contributed by atoms with Crippen molar-refractivity contribution in [3.05, 3.63) is 52.2 Å². The van der Waals surface area contributed by atoms with Gasteiger partial charge in [0.05, 0.1) is 6.61 Å². The predicted octanol–water partition coefficient (Wildman–Crippen LogP) is 3.70. The van der Waals surface area contributed by atoms with Crippen LogP contribution in [0.4, 0.5) is 0 Å². The summed E-state index contributed by atoms with van der Waals surface area (Å²) in [5.74, 6) is 0.916. The standard InChI is InChI=1S/C15H14O2S/c1-2-4-15(17-10-14-9-16-14)13(3-1)6-5-12-7-8-18-11-12/h1-8,11,14H,9-10H2. The summed E-state index contributed by atoms with van der Waals surface area (Å²) in [5.41, 5.74) is 2.32. The summed E-state index contributed by atoms with van der Waals surface area (Å²) in [5, 5.41) is 4.20. The van der Waals surface area contributed by atoms with Crippen molar-refractivity contribution in [1.82, 2.24) is 0 Å². The van der Waals surface area contributed by atoms with E-state index in [9.17, 15) is 0 Å². The third-order valence-corrected chi connectivity index (χ3v) is 3.45. The van der Waals surface area contributed by atoms with Crippen LogP contribution < -0.4 is 4.74 Å². The van der Waals surface area contributed by atoms with Gasteiger partial charge in [-0.1, -0.05) is 30.4 Å². The van der Waals surface area contributed by atoms with Crippen molar-refractivity contribution in [3.63, 3.8) is 0 Å². The molecule has 0 N–H and O–H groups in total. The quantitative estimate of drug-likeness (QED) is 0.763. The van der Waals surface area contributed by atoms with E-state index >= 15 is 0 Å². The fraction of sp³-hybridized carbons (Fsp3) is 0.200. The van der Waals surface area contributed by atoms with Gasteiger partial charge in [-0.15, -0.1) is 0 Å². The second-order valence-electron chi connectivity index (χ2n) is 4.19. The number of para-hydroxylation sites is 1. The van der Waals surface area contributed by atoms with Crippen molar-refractivity contribution < 1.29 is 9.47 Å². The van der Waals surface area contributed by atoms with E-state index in [0.717, 1.165) is 17.9 Å². The molecule has 1 saturated heterocycles. The molecule has 1 atom stereocenters. The lowest BCUT2D eigenvalue weighted by Gasteiger charge is -2.07. The summed E-state index contributed by atoms with van der Waals surface area (Å²) < 4.78 is 10.9. The molecule has 0 bridgehead atoms. The van der Waals surface area contributed by atoms with Crippen LogP contribution in [-0.4, -0.2) is 19.3 Å². The van der Waals surface area contributed by atoms with Crippen LogP contribution in [0.2, 0.25) is 0 Å². The van der Waals surface area contributed by atoms with E-state index in [1.54, 1.807) is 11.3 Å². The van der Waals surface area contributed by atoms with Crippen molar-refractivity contribution in [2.45, 2.75) is 6.10 Å². The van der Waals surface area contributed by atoms with Gasteiger partial charge in [-0.25, -0.2) is 0 Å². The second kappa shape index (κ2) is 5.38. The van der Waals surface area contributed by atoms with Crippen molar-refractivity contribution in [2.24, 2.45) is 0 Å². The van der Waals surface area contributed by atoms with E-state index in [0.29, 0.717) is 12.7 Å². The first kappa shape index (κ1) is 11.5. The number of epoxide rings is 1. The van der Waals surface area contributed by atoms with Crippen LogP contribution in [0.25, 0.3) is 12.2 Å². The maximum atomic E-state index is 5.76. The van der Waals surface area contributed by atoms with Crippen LogP contribution in [0.1, 0.15) is 11.1 Å². The summed E-state index contributed by atoms with van der Waals surface area (Å²) in [6, 6.07) is 10.2. The zero-order chi connectivity index (χ0) is 12.2. The summed E-state index contributed by atoms with van der Waals surface area (Å²) in [7, 11) is 0. The summed E-state index contributed by atoms with van der Waals surface area (Å²) in [6.07, 6.45) is 4.48. The van der Waals surface area contributed by atoms with Crippen molar-refractivity contribution in [2.75, 3.05) is 13.2 Å². The molecular weight excluding hydrogens is 244 g/mol. The Balaban J connectivity index is 1.73. The number of ether oxygens (including phenoxy) is 2. The Morgan fingerprint density at radius 3 is 2.94 bits per heavy atom. The van der Waals surface area contributed by atoms with Gasteiger partial charge in [0.2, 0.25) is 0 Å². The van der Waals surface area contributed by atoms with Crippen LogP contribution in [0, 0.1) is 0 Å². The smallest absolute Gasteiger partial charge is 0.126 e. The van der Waals surface area contributed by atoms with Gasteiger partial charge in [0.25, 0.3) is 0 Å². The molecule has 1 aliphatic heterocycles. The molecule has 1 fully saturated rings. The Morgan fingerprint density at radius 1 is 1.28 bits per heavy atom. The van der Waals surface area contributed by atoms with Crippen molar-refractivity contribution >= 4 is 23.5 Å². The summed E-state index contributed by atoms with van der Waals surface area (Å²) >= 11 is 1.70. The maximum absolute atomic E-state index is 5.76. The Labute approximate surface area is 110 Å². The van der Waals surface area contributed by atoms with Crippen LogP contribution in [0.5, 0.6) is 5.75 Å². The fourth-order valence-corrected chi connectivity index (χ4v) is 2.28. The van der Waals surface area contributed by atoms with E-state index in [4.69, 9.17) is 9.47 Å². The van der Waals surface area contributed by atoms with Gasteiger partial charge in [-0.2, -0.15) is 11.3 Å². The third-order valence-electron chi connectivity index (χ3n) is 2.74. The van der Waals surface area contributed by atoms with Crippen LogP contribution in [0.3, 0.4) is 0 Å². The molecule has 0 saturated carbocycles. The van der Waals surface area contributed by atoms with Gasteiger partial charge >= 0.3 is 0 Å². The Morgan fingerprint density at radius 2 is 2.17 bits per heavy atom. The molecule has 2 aromatic rings. The molecule has 2 heterocycles. The molecule has 1 aliphatic rings. The van der Waals surface area contributed by atoms with E-state index in [1.165, 1.54) is 5.56 Å². The van der Waals surface area contributed by atoms with E-state index in [-0.39, 0.29) is 0 Å². The topological polar surface area (TPSA) is 21.8 Å². The molecule has 1 aromatic heterocycles. The predicted molar refractivity (Wildman–Crippen MR) is 74.9 cm³/mol. The molecular formula is C15H14O2S. The molecule has 3 heteroatoms. The lowest BCUT2D eigenvalue weighted by Crippen LogP contribution is -2.04. The number of hydrogen-bond acceptors (Lipinski definition) is 3. The average molecular weight is 258 g/mol. The number of rotatable bonds is 5. The second-order valence-corrected chi connectivity index (χ2v) is 4.97. The first-order chi connectivity index (χ1) is 8.92. The number of thiophene rings is 1. The van der Waals surface area contributed by atoms with Gasteiger partial charge in [-0.3, -0.25) is 0 Å². The molecule has 3 rings (SSSR count). The van der Waals surface area contributed by atoms with Gasteiger partial charge < -0.3 is 9.47 Å². The van der Waals surface area contributed by atoms with Gasteiger partial charge in [0, 0.05) is 5.56 Å². The SMILES string of the molecule is C(=Cc1ccccc1OCC1CO1)c1ccsc1. The number of hydrogen-bond donors (Lipinski definition) is 0. The lowest BCUT2D eigenvalue weighted by atomic mass is 10.1. The van der Waals surface area contributed by atoms with Gasteiger partial charge in [0.15, 0.2) is 0 Å². The molecule has 1 aromatic carbocycles. The first-order valence-electron chi connectivity index (χ1n) is 5.95. The Kier molecular flexibility index (Phi) is 3.44. The minimum atomic E-state index is 0.291. The first-order valence-corrected chi connectivity index (χ1v) is 6.90.